The van der Waals surface area contributed by atoms with Crippen LogP contribution in [0, 0.1) is 5.92 Å². The van der Waals surface area contributed by atoms with Crippen molar-refractivity contribution in [2.75, 3.05) is 25.6 Å². The minimum absolute atomic E-state index is 0.0186. The van der Waals surface area contributed by atoms with E-state index in [-0.39, 0.29) is 6.04 Å². The van der Waals surface area contributed by atoms with Gasteiger partial charge in [0.2, 0.25) is 0 Å². The maximum atomic E-state index is 6.16. The van der Waals surface area contributed by atoms with Gasteiger partial charge < -0.3 is 15.4 Å². The van der Waals surface area contributed by atoms with Crippen LogP contribution in [0.4, 0.5) is 5.69 Å². The van der Waals surface area contributed by atoms with Crippen molar-refractivity contribution in [1.82, 2.24) is 0 Å². The maximum Gasteiger partial charge on any atom is 0.125 e. The highest BCUT2D eigenvalue weighted by molar-refractivity contribution is 5.60. The van der Waals surface area contributed by atoms with Gasteiger partial charge in [-0.1, -0.05) is 25.3 Å². The molecule has 1 aliphatic carbocycles. The number of nitrogens with two attached hydrogens (primary N) is 1. The van der Waals surface area contributed by atoms with Crippen LogP contribution in [-0.4, -0.2) is 20.7 Å². The summed E-state index contributed by atoms with van der Waals surface area (Å²) in [4.78, 5) is 2.36. The quantitative estimate of drug-likeness (QED) is 0.890. The number of hydrogen-bond donors (Lipinski definition) is 1. The smallest absolute Gasteiger partial charge is 0.125 e. The molecule has 0 spiro atoms. The number of benzene rings is 1. The predicted octanol–water partition coefficient (Wildman–Crippen LogP) is 3.73. The molecular formula is C17H28N2O. The van der Waals surface area contributed by atoms with E-state index in [0.717, 1.165) is 23.8 Å². The first-order valence-electron chi connectivity index (χ1n) is 7.77. The molecule has 112 valence electrons. The first kappa shape index (κ1) is 15.2. The van der Waals surface area contributed by atoms with Gasteiger partial charge in [-0.15, -0.1) is 0 Å². The lowest BCUT2D eigenvalue weighted by Crippen LogP contribution is -2.28. The van der Waals surface area contributed by atoms with Crippen LogP contribution in [0.3, 0.4) is 0 Å². The third-order valence-corrected chi connectivity index (χ3v) is 4.39. The van der Waals surface area contributed by atoms with E-state index in [0.29, 0.717) is 0 Å². The highest BCUT2D eigenvalue weighted by Gasteiger charge is 2.20. The molecule has 0 aromatic heterocycles. The van der Waals surface area contributed by atoms with Crippen molar-refractivity contribution in [1.29, 1.82) is 0 Å². The van der Waals surface area contributed by atoms with Crippen molar-refractivity contribution in [2.24, 2.45) is 11.7 Å². The Hall–Kier alpha value is -1.22. The van der Waals surface area contributed by atoms with Gasteiger partial charge in [0.15, 0.2) is 0 Å². The number of hydrogen-bond acceptors (Lipinski definition) is 3. The molecule has 1 aromatic carbocycles. The van der Waals surface area contributed by atoms with E-state index in [1.54, 1.807) is 7.11 Å². The van der Waals surface area contributed by atoms with Gasteiger partial charge in [-0.25, -0.2) is 0 Å². The summed E-state index contributed by atoms with van der Waals surface area (Å²) in [5, 5.41) is 0. The van der Waals surface area contributed by atoms with E-state index in [1.165, 1.54) is 37.8 Å². The van der Waals surface area contributed by atoms with Crippen LogP contribution in [0.15, 0.2) is 18.2 Å². The highest BCUT2D eigenvalue weighted by Crippen LogP contribution is 2.34. The predicted molar refractivity (Wildman–Crippen MR) is 85.4 cm³/mol. The Morgan fingerprint density at radius 2 is 2.00 bits per heavy atom. The SMILES string of the molecule is COc1cccc(N(C)CC2CCCCC2)c1C(C)N. The molecule has 3 nitrogen and oxygen atoms in total. The Bertz CT molecular complexity index is 425. The Morgan fingerprint density at radius 1 is 1.30 bits per heavy atom. The first-order valence-corrected chi connectivity index (χ1v) is 7.77. The zero-order valence-electron chi connectivity index (χ0n) is 13.1. The molecule has 1 saturated carbocycles. The molecule has 0 radical (unpaired) electrons. The maximum absolute atomic E-state index is 6.16. The number of nitrogens with zero attached hydrogens (tertiary/aromatic N) is 1. The fourth-order valence-electron chi connectivity index (χ4n) is 3.36. The van der Waals surface area contributed by atoms with Crippen molar-refractivity contribution in [2.45, 2.75) is 45.1 Å². The summed E-state index contributed by atoms with van der Waals surface area (Å²) in [5.41, 5.74) is 8.49. The van der Waals surface area contributed by atoms with E-state index < -0.39 is 0 Å². The lowest BCUT2D eigenvalue weighted by atomic mass is 9.88. The minimum Gasteiger partial charge on any atom is -0.496 e. The molecule has 0 saturated heterocycles. The number of anilines is 1. The van der Waals surface area contributed by atoms with E-state index in [2.05, 4.69) is 24.1 Å². The second-order valence-corrected chi connectivity index (χ2v) is 6.07. The van der Waals surface area contributed by atoms with Gasteiger partial charge in [0.25, 0.3) is 0 Å². The molecule has 0 amide bonds. The third kappa shape index (κ3) is 3.45. The fourth-order valence-corrected chi connectivity index (χ4v) is 3.36. The summed E-state index contributed by atoms with van der Waals surface area (Å²) in [7, 11) is 3.89. The molecular weight excluding hydrogens is 248 g/mol. The second-order valence-electron chi connectivity index (χ2n) is 6.07. The summed E-state index contributed by atoms with van der Waals surface area (Å²) in [6.45, 7) is 3.14. The van der Waals surface area contributed by atoms with Gasteiger partial charge in [0.1, 0.15) is 5.75 Å². The third-order valence-electron chi connectivity index (χ3n) is 4.39. The van der Waals surface area contributed by atoms with E-state index in [9.17, 15) is 0 Å². The monoisotopic (exact) mass is 276 g/mol. The summed E-state index contributed by atoms with van der Waals surface area (Å²) in [5.74, 6) is 1.72. The van der Waals surface area contributed by atoms with Crippen molar-refractivity contribution in [3.63, 3.8) is 0 Å². The van der Waals surface area contributed by atoms with Gasteiger partial charge in [0.05, 0.1) is 7.11 Å². The lowest BCUT2D eigenvalue weighted by Gasteiger charge is -2.31. The number of ether oxygens (including phenoxy) is 1. The summed E-state index contributed by atoms with van der Waals surface area (Å²) >= 11 is 0. The molecule has 1 fully saturated rings. The van der Waals surface area contributed by atoms with Gasteiger partial charge in [-0.05, 0) is 37.8 Å². The Morgan fingerprint density at radius 3 is 2.60 bits per heavy atom. The zero-order valence-corrected chi connectivity index (χ0v) is 13.1. The summed E-state index contributed by atoms with van der Waals surface area (Å²) in [6, 6.07) is 6.19. The fraction of sp³-hybridized carbons (Fsp3) is 0.647. The Labute approximate surface area is 123 Å². The molecule has 2 rings (SSSR count). The van der Waals surface area contributed by atoms with Crippen molar-refractivity contribution < 1.29 is 4.74 Å². The number of methoxy groups -OCH3 is 1. The topological polar surface area (TPSA) is 38.5 Å². The average Bonchev–Trinajstić information content (AvgIpc) is 2.47. The molecule has 1 unspecified atom stereocenters. The molecule has 3 heteroatoms. The van der Waals surface area contributed by atoms with Crippen molar-refractivity contribution in [3.8, 4) is 5.75 Å². The van der Waals surface area contributed by atoms with Gasteiger partial charge in [-0.3, -0.25) is 0 Å². The molecule has 1 aliphatic rings. The largest absolute Gasteiger partial charge is 0.496 e. The van der Waals surface area contributed by atoms with E-state index in [1.807, 2.05) is 13.0 Å². The van der Waals surface area contributed by atoms with Crippen LogP contribution < -0.4 is 15.4 Å². The van der Waals surface area contributed by atoms with E-state index in [4.69, 9.17) is 10.5 Å². The van der Waals surface area contributed by atoms with Crippen LogP contribution in [0.2, 0.25) is 0 Å². The van der Waals surface area contributed by atoms with Gasteiger partial charge in [-0.2, -0.15) is 0 Å². The van der Waals surface area contributed by atoms with Crippen LogP contribution in [0.25, 0.3) is 0 Å². The van der Waals surface area contributed by atoms with Gasteiger partial charge >= 0.3 is 0 Å². The molecule has 2 N–H and O–H groups in total. The average molecular weight is 276 g/mol. The molecule has 1 aromatic rings. The summed E-state index contributed by atoms with van der Waals surface area (Å²) < 4.78 is 5.48. The minimum atomic E-state index is -0.0186. The Balaban J connectivity index is 2.17. The zero-order chi connectivity index (χ0) is 14.5. The standard InChI is InChI=1S/C17H28N2O/c1-13(18)17-15(10-7-11-16(17)20-3)19(2)12-14-8-5-4-6-9-14/h7,10-11,13-14H,4-6,8-9,12,18H2,1-3H3. The van der Waals surface area contributed by atoms with Crippen molar-refractivity contribution in [3.05, 3.63) is 23.8 Å². The normalized spacial score (nSPS) is 17.8. The van der Waals surface area contributed by atoms with Crippen LogP contribution >= 0.6 is 0 Å². The molecule has 0 heterocycles. The molecule has 1 atom stereocenters. The lowest BCUT2D eigenvalue weighted by molar-refractivity contribution is 0.361. The summed E-state index contributed by atoms with van der Waals surface area (Å²) in [6.07, 6.45) is 6.90. The van der Waals surface area contributed by atoms with Crippen LogP contribution in [0.5, 0.6) is 5.75 Å². The highest BCUT2D eigenvalue weighted by atomic mass is 16.5. The molecule has 0 bridgehead atoms. The van der Waals surface area contributed by atoms with Gasteiger partial charge in [0, 0.05) is 30.9 Å². The second kappa shape index (κ2) is 6.98. The van der Waals surface area contributed by atoms with Crippen LogP contribution in [-0.2, 0) is 0 Å². The molecule has 0 aliphatic heterocycles. The first-order chi connectivity index (χ1) is 9.63. The van der Waals surface area contributed by atoms with Crippen LogP contribution in [0.1, 0.15) is 50.6 Å². The van der Waals surface area contributed by atoms with Crippen molar-refractivity contribution >= 4 is 5.69 Å². The Kier molecular flexibility index (Phi) is 5.30. The van der Waals surface area contributed by atoms with E-state index >= 15 is 0 Å². The number of rotatable bonds is 5. The molecule has 20 heavy (non-hydrogen) atoms.